The van der Waals surface area contributed by atoms with E-state index in [0.717, 1.165) is 57.6 Å². The minimum atomic E-state index is -0.227. The lowest BCUT2D eigenvalue weighted by atomic mass is 10.0. The van der Waals surface area contributed by atoms with E-state index in [1.807, 2.05) is 35.2 Å². The van der Waals surface area contributed by atoms with Crippen molar-refractivity contribution in [2.45, 2.75) is 50.4 Å². The second-order valence-corrected chi connectivity index (χ2v) is 6.75. The van der Waals surface area contributed by atoms with Crippen molar-refractivity contribution >= 4 is 5.91 Å². The number of hydrogen-bond acceptors (Lipinski definition) is 4. The van der Waals surface area contributed by atoms with E-state index in [0.29, 0.717) is 12.5 Å². The fourth-order valence-corrected chi connectivity index (χ4v) is 3.46. The Morgan fingerprint density at radius 2 is 1.75 bits per heavy atom. The summed E-state index contributed by atoms with van der Waals surface area (Å²) in [6.45, 7) is 3.15. The Hall–Kier alpha value is -1.43. The minimum Gasteiger partial charge on any atom is -0.381 e. The Labute approximate surface area is 144 Å². The number of carbonyl (C=O) groups is 1. The van der Waals surface area contributed by atoms with Gasteiger partial charge in [-0.25, -0.2) is 0 Å². The molecule has 2 aliphatic rings. The van der Waals surface area contributed by atoms with E-state index in [-0.39, 0.29) is 18.1 Å². The molecule has 1 aromatic carbocycles. The predicted molar refractivity (Wildman–Crippen MR) is 92.5 cm³/mol. The van der Waals surface area contributed by atoms with E-state index in [9.17, 15) is 4.79 Å². The third-order valence-corrected chi connectivity index (χ3v) is 4.97. The van der Waals surface area contributed by atoms with Crippen molar-refractivity contribution in [3.05, 3.63) is 35.9 Å². The summed E-state index contributed by atoms with van der Waals surface area (Å²) in [5.41, 5.74) is 7.19. The molecule has 0 bridgehead atoms. The third-order valence-electron chi connectivity index (χ3n) is 4.97. The van der Waals surface area contributed by atoms with Crippen molar-refractivity contribution in [3.63, 3.8) is 0 Å². The maximum atomic E-state index is 12.5. The van der Waals surface area contributed by atoms with Crippen LogP contribution in [-0.2, 0) is 14.3 Å². The zero-order chi connectivity index (χ0) is 16.8. The summed E-state index contributed by atoms with van der Waals surface area (Å²) in [7, 11) is 0. The molecule has 0 spiro atoms. The van der Waals surface area contributed by atoms with Crippen LogP contribution < -0.4 is 5.73 Å². The van der Waals surface area contributed by atoms with Gasteiger partial charge >= 0.3 is 0 Å². The number of rotatable bonds is 5. The number of nitrogens with two attached hydrogens (primary N) is 1. The van der Waals surface area contributed by atoms with Crippen molar-refractivity contribution in [2.24, 2.45) is 5.73 Å². The second kappa shape index (κ2) is 8.60. The Bertz CT molecular complexity index is 509. The number of piperidine rings is 1. The van der Waals surface area contributed by atoms with Gasteiger partial charge in [0.15, 0.2) is 0 Å². The number of benzene rings is 1. The fraction of sp³-hybridized carbons (Fsp3) is 0.632. The molecule has 2 aliphatic heterocycles. The van der Waals surface area contributed by atoms with E-state index in [1.54, 1.807) is 0 Å². The molecule has 1 amide bonds. The summed E-state index contributed by atoms with van der Waals surface area (Å²) in [5.74, 6) is 0.149. The van der Waals surface area contributed by atoms with Gasteiger partial charge in [0.25, 0.3) is 0 Å². The lowest BCUT2D eigenvalue weighted by Crippen LogP contribution is -2.43. The van der Waals surface area contributed by atoms with Gasteiger partial charge in [0, 0.05) is 38.8 Å². The van der Waals surface area contributed by atoms with Crippen LogP contribution in [0, 0.1) is 0 Å². The topological polar surface area (TPSA) is 64.8 Å². The van der Waals surface area contributed by atoms with Crippen molar-refractivity contribution in [1.82, 2.24) is 4.90 Å². The smallest absolute Gasteiger partial charge is 0.224 e. The summed E-state index contributed by atoms with van der Waals surface area (Å²) >= 11 is 0. The van der Waals surface area contributed by atoms with Gasteiger partial charge in [0.05, 0.1) is 12.2 Å². The maximum absolute atomic E-state index is 12.5. The van der Waals surface area contributed by atoms with Gasteiger partial charge in [0.1, 0.15) is 0 Å². The highest BCUT2D eigenvalue weighted by molar-refractivity contribution is 5.77. The van der Waals surface area contributed by atoms with Crippen molar-refractivity contribution in [2.75, 3.05) is 26.3 Å². The average Bonchev–Trinajstić information content (AvgIpc) is 2.64. The number of amides is 1. The molecule has 24 heavy (non-hydrogen) atoms. The van der Waals surface area contributed by atoms with Gasteiger partial charge < -0.3 is 20.1 Å². The Kier molecular flexibility index (Phi) is 6.24. The van der Waals surface area contributed by atoms with E-state index >= 15 is 0 Å². The second-order valence-electron chi connectivity index (χ2n) is 6.75. The van der Waals surface area contributed by atoms with E-state index in [4.69, 9.17) is 15.2 Å². The van der Waals surface area contributed by atoms with Crippen LogP contribution in [0.3, 0.4) is 0 Å². The van der Waals surface area contributed by atoms with E-state index in [2.05, 4.69) is 0 Å². The number of carbonyl (C=O) groups excluding carboxylic acids is 1. The molecule has 3 rings (SSSR count). The summed E-state index contributed by atoms with van der Waals surface area (Å²) in [6, 6.07) is 9.60. The van der Waals surface area contributed by atoms with E-state index < -0.39 is 0 Å². The lowest BCUT2D eigenvalue weighted by Gasteiger charge is -2.35. The van der Waals surface area contributed by atoms with Crippen LogP contribution in [0.5, 0.6) is 0 Å². The number of hydrogen-bond donors (Lipinski definition) is 1. The fourth-order valence-electron chi connectivity index (χ4n) is 3.46. The Morgan fingerprint density at radius 3 is 2.42 bits per heavy atom. The highest BCUT2D eigenvalue weighted by atomic mass is 16.5. The monoisotopic (exact) mass is 332 g/mol. The minimum absolute atomic E-state index is 0.149. The normalized spacial score (nSPS) is 21.6. The van der Waals surface area contributed by atoms with Gasteiger partial charge in [-0.3, -0.25) is 4.79 Å². The molecule has 0 aliphatic carbocycles. The van der Waals surface area contributed by atoms with Crippen molar-refractivity contribution < 1.29 is 14.3 Å². The molecule has 0 aromatic heterocycles. The number of ether oxygens (including phenoxy) is 2. The first-order valence-corrected chi connectivity index (χ1v) is 9.04. The van der Waals surface area contributed by atoms with Crippen LogP contribution in [-0.4, -0.2) is 49.3 Å². The molecular formula is C19H28N2O3. The molecule has 5 heteroatoms. The maximum Gasteiger partial charge on any atom is 0.224 e. The molecule has 2 heterocycles. The Balaban J connectivity index is 1.41. The molecular weight excluding hydrogens is 304 g/mol. The number of nitrogens with zero attached hydrogens (tertiary/aromatic N) is 1. The third kappa shape index (κ3) is 4.79. The highest BCUT2D eigenvalue weighted by Gasteiger charge is 2.27. The first kappa shape index (κ1) is 17.4. The van der Waals surface area contributed by atoms with Gasteiger partial charge in [-0.05, 0) is 31.2 Å². The summed E-state index contributed by atoms with van der Waals surface area (Å²) in [4.78, 5) is 14.4. The van der Waals surface area contributed by atoms with Gasteiger partial charge in [-0.15, -0.1) is 0 Å². The molecule has 0 saturated carbocycles. The van der Waals surface area contributed by atoms with Crippen LogP contribution in [0.25, 0.3) is 0 Å². The standard InChI is InChI=1S/C19H28N2O3/c20-18(15-4-2-1-3-5-15)14-19(22)21-10-6-16(7-11-21)24-17-8-12-23-13-9-17/h1-5,16-18H,6-14,20H2. The van der Waals surface area contributed by atoms with E-state index in [1.165, 1.54) is 0 Å². The molecule has 5 nitrogen and oxygen atoms in total. The molecule has 1 unspecified atom stereocenters. The molecule has 132 valence electrons. The summed E-state index contributed by atoms with van der Waals surface area (Å²) in [6.07, 6.45) is 4.80. The van der Waals surface area contributed by atoms with Gasteiger partial charge in [-0.1, -0.05) is 30.3 Å². The molecule has 1 aromatic rings. The first-order chi connectivity index (χ1) is 11.7. The molecule has 2 N–H and O–H groups in total. The summed E-state index contributed by atoms with van der Waals surface area (Å²) < 4.78 is 11.5. The average molecular weight is 332 g/mol. The molecule has 0 radical (unpaired) electrons. The summed E-state index contributed by atoms with van der Waals surface area (Å²) in [5, 5.41) is 0. The van der Waals surface area contributed by atoms with Crippen molar-refractivity contribution in [1.29, 1.82) is 0 Å². The quantitative estimate of drug-likeness (QED) is 0.898. The Morgan fingerprint density at radius 1 is 1.12 bits per heavy atom. The molecule has 2 saturated heterocycles. The van der Waals surface area contributed by atoms with Gasteiger partial charge in [0.2, 0.25) is 5.91 Å². The zero-order valence-electron chi connectivity index (χ0n) is 14.2. The van der Waals surface area contributed by atoms with Crippen LogP contribution in [0.2, 0.25) is 0 Å². The molecule has 2 fully saturated rings. The predicted octanol–water partition coefficient (Wildman–Crippen LogP) is 2.26. The number of likely N-dealkylation sites (tertiary alicyclic amines) is 1. The lowest BCUT2D eigenvalue weighted by molar-refractivity contribution is -0.136. The largest absolute Gasteiger partial charge is 0.381 e. The van der Waals surface area contributed by atoms with Crippen LogP contribution >= 0.6 is 0 Å². The van der Waals surface area contributed by atoms with Gasteiger partial charge in [-0.2, -0.15) is 0 Å². The van der Waals surface area contributed by atoms with Crippen LogP contribution in [0.4, 0.5) is 0 Å². The SMILES string of the molecule is NC(CC(=O)N1CCC(OC2CCOCC2)CC1)c1ccccc1. The van der Waals surface area contributed by atoms with Crippen LogP contribution in [0.15, 0.2) is 30.3 Å². The zero-order valence-corrected chi connectivity index (χ0v) is 14.2. The van der Waals surface area contributed by atoms with Crippen LogP contribution in [0.1, 0.15) is 43.7 Å². The molecule has 1 atom stereocenters. The van der Waals surface area contributed by atoms with Crippen molar-refractivity contribution in [3.8, 4) is 0 Å². The first-order valence-electron chi connectivity index (χ1n) is 9.04. The highest BCUT2D eigenvalue weighted by Crippen LogP contribution is 2.22.